The summed E-state index contributed by atoms with van der Waals surface area (Å²) >= 11 is 0. The molecule has 0 unspecified atom stereocenters. The van der Waals surface area contributed by atoms with E-state index in [4.69, 9.17) is 4.74 Å². The van der Waals surface area contributed by atoms with Gasteiger partial charge in [-0.25, -0.2) is 13.1 Å². The van der Waals surface area contributed by atoms with Crippen LogP contribution in [0, 0.1) is 0 Å². The highest BCUT2D eigenvalue weighted by atomic mass is 32.2. The number of nitrogens with zero attached hydrogens (tertiary/aromatic N) is 2. The summed E-state index contributed by atoms with van der Waals surface area (Å²) in [6.07, 6.45) is -3.62. The first-order valence-corrected chi connectivity index (χ1v) is 12.9. The molecule has 0 aliphatic carbocycles. The number of amides is 1. The Morgan fingerprint density at radius 2 is 1.61 bits per heavy atom. The van der Waals surface area contributed by atoms with E-state index in [9.17, 15) is 26.4 Å². The molecule has 8 nitrogen and oxygen atoms in total. The molecule has 0 aliphatic heterocycles. The lowest BCUT2D eigenvalue weighted by Crippen LogP contribution is -2.29. The molecule has 1 amide bonds. The van der Waals surface area contributed by atoms with Gasteiger partial charge in [0.25, 0.3) is 5.91 Å². The van der Waals surface area contributed by atoms with Gasteiger partial charge in [-0.3, -0.25) is 9.48 Å². The average Bonchev–Trinajstić information content (AvgIpc) is 3.20. The number of aromatic nitrogens is 2. The summed E-state index contributed by atoms with van der Waals surface area (Å²) in [7, 11) is -2.21. The summed E-state index contributed by atoms with van der Waals surface area (Å²) in [5, 5.41) is 6.61. The van der Waals surface area contributed by atoms with Crippen LogP contribution in [-0.4, -0.2) is 43.5 Å². The second-order valence-corrected chi connectivity index (χ2v) is 9.46. The van der Waals surface area contributed by atoms with E-state index in [1.54, 1.807) is 36.4 Å². The zero-order chi connectivity index (χ0) is 26.9. The van der Waals surface area contributed by atoms with Gasteiger partial charge in [0.15, 0.2) is 5.69 Å². The number of benzene rings is 2. The Hall–Kier alpha value is -3.38. The van der Waals surface area contributed by atoms with Gasteiger partial charge in [0.1, 0.15) is 12.4 Å². The molecular formula is C24H29F3N4O4S. The lowest BCUT2D eigenvalue weighted by molar-refractivity contribution is -0.141. The van der Waals surface area contributed by atoms with E-state index >= 15 is 0 Å². The largest absolute Gasteiger partial charge is 0.489 e. The van der Waals surface area contributed by atoms with Gasteiger partial charge in [0.2, 0.25) is 10.0 Å². The number of hydrogen-bond acceptors (Lipinski definition) is 6. The summed E-state index contributed by atoms with van der Waals surface area (Å²) in [6, 6.07) is 13.7. The molecule has 0 fully saturated rings. The van der Waals surface area contributed by atoms with E-state index < -0.39 is 27.8 Å². The van der Waals surface area contributed by atoms with Crippen LogP contribution in [0.1, 0.15) is 35.5 Å². The van der Waals surface area contributed by atoms with Crippen LogP contribution in [0.15, 0.2) is 54.6 Å². The molecule has 0 saturated carbocycles. The van der Waals surface area contributed by atoms with E-state index in [1.165, 1.54) is 23.9 Å². The van der Waals surface area contributed by atoms with Gasteiger partial charge in [-0.1, -0.05) is 26.0 Å². The number of ether oxygens (including phenoxy) is 1. The number of rotatable bonds is 8. The Morgan fingerprint density at radius 3 is 2.06 bits per heavy atom. The zero-order valence-corrected chi connectivity index (χ0v) is 21.2. The van der Waals surface area contributed by atoms with Crippen molar-refractivity contribution in [2.45, 2.75) is 26.6 Å². The highest BCUT2D eigenvalue weighted by Crippen LogP contribution is 2.31. The van der Waals surface area contributed by atoms with E-state index in [0.29, 0.717) is 17.0 Å². The first-order valence-electron chi connectivity index (χ1n) is 11.0. The lowest BCUT2D eigenvalue weighted by Gasteiger charge is -2.08. The first kappa shape index (κ1) is 28.9. The third kappa shape index (κ3) is 9.00. The molecule has 196 valence electrons. The minimum Gasteiger partial charge on any atom is -0.489 e. The van der Waals surface area contributed by atoms with Crippen molar-refractivity contribution in [1.29, 1.82) is 0 Å². The van der Waals surface area contributed by atoms with E-state index in [2.05, 4.69) is 24.3 Å². The van der Waals surface area contributed by atoms with Crippen molar-refractivity contribution in [3.8, 4) is 17.0 Å². The Bertz CT molecular complexity index is 1240. The molecule has 3 rings (SSSR count). The lowest BCUT2D eigenvalue weighted by atomic mass is 10.1. The molecule has 3 aromatic rings. The Kier molecular flexibility index (Phi) is 10.1. The maximum absolute atomic E-state index is 12.8. The molecule has 12 heteroatoms. The van der Waals surface area contributed by atoms with Gasteiger partial charge in [0, 0.05) is 18.2 Å². The highest BCUT2D eigenvalue weighted by molar-refractivity contribution is 7.89. The molecule has 1 heterocycles. The van der Waals surface area contributed by atoms with Crippen LogP contribution >= 0.6 is 0 Å². The third-order valence-electron chi connectivity index (χ3n) is 4.72. The fourth-order valence-electron chi connectivity index (χ4n) is 2.99. The van der Waals surface area contributed by atoms with Crippen molar-refractivity contribution in [2.24, 2.45) is 7.05 Å². The smallest absolute Gasteiger partial charge is 0.435 e. The highest BCUT2D eigenvalue weighted by Gasteiger charge is 2.34. The van der Waals surface area contributed by atoms with Crippen molar-refractivity contribution in [2.75, 3.05) is 19.3 Å². The van der Waals surface area contributed by atoms with E-state index in [-0.39, 0.29) is 12.2 Å². The first-order chi connectivity index (χ1) is 16.8. The molecule has 0 spiro atoms. The maximum Gasteiger partial charge on any atom is 0.435 e. The quantitative estimate of drug-likeness (QED) is 0.460. The summed E-state index contributed by atoms with van der Waals surface area (Å²) in [5.41, 5.74) is 0.842. The van der Waals surface area contributed by atoms with Crippen molar-refractivity contribution in [1.82, 2.24) is 19.8 Å². The van der Waals surface area contributed by atoms with Gasteiger partial charge in [0.05, 0.1) is 11.9 Å². The van der Waals surface area contributed by atoms with Gasteiger partial charge < -0.3 is 10.1 Å². The Labute approximate surface area is 208 Å². The van der Waals surface area contributed by atoms with Crippen LogP contribution in [0.2, 0.25) is 0 Å². The fraction of sp³-hybridized carbons (Fsp3) is 0.333. The number of carbonyl (C=O) groups is 1. The predicted molar refractivity (Wildman–Crippen MR) is 131 cm³/mol. The third-order valence-corrected chi connectivity index (χ3v) is 5.28. The molecule has 1 aromatic heterocycles. The monoisotopic (exact) mass is 526 g/mol. The normalized spacial score (nSPS) is 11.4. The molecule has 2 aromatic carbocycles. The van der Waals surface area contributed by atoms with Crippen molar-refractivity contribution in [3.05, 3.63) is 71.4 Å². The van der Waals surface area contributed by atoms with Crippen LogP contribution in [0.25, 0.3) is 11.3 Å². The fourth-order valence-corrected chi connectivity index (χ4v) is 3.45. The molecular weight excluding hydrogens is 497 g/mol. The predicted octanol–water partition coefficient (Wildman–Crippen LogP) is 3.99. The topological polar surface area (TPSA) is 102 Å². The number of nitrogens with one attached hydrogen (secondary N) is 2. The Balaban J connectivity index is 0.000000830. The van der Waals surface area contributed by atoms with Crippen LogP contribution < -0.4 is 14.8 Å². The number of aryl methyl sites for hydroxylation is 1. The minimum absolute atomic E-state index is 0.178. The molecule has 36 heavy (non-hydrogen) atoms. The van der Waals surface area contributed by atoms with Crippen molar-refractivity contribution in [3.63, 3.8) is 0 Å². The molecule has 0 bridgehead atoms. The standard InChI is InChI=1S/C20H18F3N3O4S.C4H11N/c1-26-17(11-18(24-26)20(21,22)23)14-7-9-16(10-8-14)30-12-13-3-5-15(6-4-13)19(27)25-31(2,28)29;1-3-5-4-2/h3-11H,12H2,1-2H3,(H,25,27);5H,3-4H2,1-2H3. The molecule has 2 N–H and O–H groups in total. The van der Waals surface area contributed by atoms with Gasteiger partial charge in [-0.15, -0.1) is 0 Å². The molecule has 0 radical (unpaired) electrons. The number of hydrogen-bond donors (Lipinski definition) is 2. The maximum atomic E-state index is 12.8. The second-order valence-electron chi connectivity index (χ2n) is 7.71. The molecule has 0 saturated heterocycles. The van der Waals surface area contributed by atoms with Crippen molar-refractivity contribution < 1.29 is 31.1 Å². The van der Waals surface area contributed by atoms with Crippen LogP contribution in [-0.2, 0) is 29.9 Å². The van der Waals surface area contributed by atoms with Gasteiger partial charge in [-0.05, 0) is 61.1 Å². The van der Waals surface area contributed by atoms with Crippen LogP contribution in [0.3, 0.4) is 0 Å². The summed E-state index contributed by atoms with van der Waals surface area (Å²) < 4.78 is 69.4. The molecule has 0 aliphatic rings. The summed E-state index contributed by atoms with van der Waals surface area (Å²) in [6.45, 7) is 6.57. The number of alkyl halides is 3. The van der Waals surface area contributed by atoms with E-state index in [1.807, 2.05) is 4.72 Å². The number of sulfonamides is 1. The zero-order valence-electron chi connectivity index (χ0n) is 20.4. The van der Waals surface area contributed by atoms with Gasteiger partial charge >= 0.3 is 6.18 Å². The minimum atomic E-state index is -4.51. The van der Waals surface area contributed by atoms with Crippen LogP contribution in [0.4, 0.5) is 13.2 Å². The second kappa shape index (κ2) is 12.5. The number of carbonyl (C=O) groups excluding carboxylic acids is 1. The molecule has 0 atom stereocenters. The Morgan fingerprint density at radius 1 is 1.03 bits per heavy atom. The van der Waals surface area contributed by atoms with Crippen molar-refractivity contribution >= 4 is 15.9 Å². The number of halogens is 3. The van der Waals surface area contributed by atoms with Gasteiger partial charge in [-0.2, -0.15) is 18.3 Å². The summed E-state index contributed by atoms with van der Waals surface area (Å²) in [4.78, 5) is 11.8. The van der Waals surface area contributed by atoms with Crippen LogP contribution in [0.5, 0.6) is 5.75 Å². The average molecular weight is 527 g/mol. The van der Waals surface area contributed by atoms with E-state index in [0.717, 1.165) is 31.0 Å². The SMILES string of the molecule is CCNCC.Cn1nc(C(F)(F)F)cc1-c1ccc(OCc2ccc(C(=O)NS(C)(=O)=O)cc2)cc1. The summed E-state index contributed by atoms with van der Waals surface area (Å²) in [5.74, 6) is -0.227.